The van der Waals surface area contributed by atoms with Crippen LogP contribution in [0.5, 0.6) is 0 Å². The number of piperidine rings is 1. The van der Waals surface area contributed by atoms with E-state index in [9.17, 15) is 24.4 Å². The average molecular weight is 510 g/mol. The molecule has 2 saturated heterocycles. The molecule has 1 aromatic heterocycles. The highest BCUT2D eigenvalue weighted by Crippen LogP contribution is 2.65. The van der Waals surface area contributed by atoms with E-state index in [0.29, 0.717) is 19.5 Å². The van der Waals surface area contributed by atoms with Gasteiger partial charge < -0.3 is 20.9 Å². The monoisotopic (exact) mass is 509 g/mol. The molecule has 3 fully saturated rings. The number of nitrogens with zero attached hydrogens (tertiary/aromatic N) is 4. The van der Waals surface area contributed by atoms with Crippen LogP contribution in [0.1, 0.15) is 57.9 Å². The van der Waals surface area contributed by atoms with Gasteiger partial charge in [0.1, 0.15) is 23.8 Å². The van der Waals surface area contributed by atoms with Crippen LogP contribution in [0.3, 0.4) is 0 Å². The van der Waals surface area contributed by atoms with Crippen LogP contribution >= 0.6 is 0 Å². The van der Waals surface area contributed by atoms with Gasteiger partial charge in [-0.2, -0.15) is 5.26 Å². The van der Waals surface area contributed by atoms with Crippen LogP contribution in [0.2, 0.25) is 0 Å². The van der Waals surface area contributed by atoms with Crippen LogP contribution in [0.25, 0.3) is 0 Å². The molecule has 0 aromatic carbocycles. The molecule has 3 heterocycles. The number of nitriles is 1. The maximum atomic E-state index is 13.9. The zero-order chi connectivity index (χ0) is 27.1. The number of hydrogen-bond donors (Lipinski definition) is 3. The van der Waals surface area contributed by atoms with Gasteiger partial charge in [0, 0.05) is 31.4 Å². The van der Waals surface area contributed by atoms with Crippen molar-refractivity contribution in [1.82, 2.24) is 30.8 Å². The van der Waals surface area contributed by atoms with Crippen molar-refractivity contribution in [3.8, 4) is 6.07 Å². The molecule has 4 rings (SSSR count). The molecule has 0 spiro atoms. The Hall–Kier alpha value is -3.55. The average Bonchev–Trinajstić information content (AvgIpc) is 3.20. The van der Waals surface area contributed by atoms with Crippen LogP contribution in [-0.2, 0) is 14.4 Å². The molecule has 6 atom stereocenters. The molecule has 198 valence electrons. The van der Waals surface area contributed by atoms with Crippen LogP contribution in [0, 0.1) is 39.9 Å². The Balaban J connectivity index is 1.53. The Kier molecular flexibility index (Phi) is 6.97. The Morgan fingerprint density at radius 2 is 2.00 bits per heavy atom. The summed E-state index contributed by atoms with van der Waals surface area (Å²) in [7, 11) is 0. The Bertz CT molecular complexity index is 1120. The van der Waals surface area contributed by atoms with Crippen LogP contribution in [0.15, 0.2) is 18.6 Å². The van der Waals surface area contributed by atoms with Gasteiger partial charge in [-0.05, 0) is 35.5 Å². The van der Waals surface area contributed by atoms with Crippen molar-refractivity contribution in [1.29, 1.82) is 5.26 Å². The lowest BCUT2D eigenvalue weighted by Gasteiger charge is -2.37. The number of fused-ring (bicyclic) bond motifs is 1. The number of amides is 4. The smallest absolute Gasteiger partial charge is 0.272 e. The minimum Gasteiger partial charge on any atom is -0.356 e. The highest BCUT2D eigenvalue weighted by molar-refractivity contribution is 5.98. The molecule has 0 bridgehead atoms. The zero-order valence-corrected chi connectivity index (χ0v) is 21.9. The molecule has 1 aromatic rings. The number of aromatic nitrogens is 2. The summed E-state index contributed by atoms with van der Waals surface area (Å²) in [6.45, 7) is 10.7. The van der Waals surface area contributed by atoms with Gasteiger partial charge in [0.2, 0.25) is 17.7 Å². The Labute approximate surface area is 216 Å². The van der Waals surface area contributed by atoms with Gasteiger partial charge in [-0.15, -0.1) is 0 Å². The molecule has 11 nitrogen and oxygen atoms in total. The molecule has 2 aliphatic heterocycles. The van der Waals surface area contributed by atoms with Gasteiger partial charge in [0.25, 0.3) is 5.91 Å². The van der Waals surface area contributed by atoms with Gasteiger partial charge in [0.15, 0.2) is 0 Å². The third-order valence-corrected chi connectivity index (χ3v) is 8.10. The van der Waals surface area contributed by atoms with Crippen molar-refractivity contribution in [3.05, 3.63) is 24.3 Å². The molecule has 11 heteroatoms. The van der Waals surface area contributed by atoms with Crippen LogP contribution in [-0.4, -0.2) is 69.7 Å². The summed E-state index contributed by atoms with van der Waals surface area (Å²) >= 11 is 0. The van der Waals surface area contributed by atoms with E-state index in [4.69, 9.17) is 0 Å². The molecule has 0 unspecified atom stereocenters. The maximum absolute atomic E-state index is 13.9. The lowest BCUT2D eigenvalue weighted by Crippen LogP contribution is -2.59. The SMILES string of the molecule is CC(C)(C)[C@H](NC(=O)c1cnccn1)C(=O)N1C[C@H]2[C@@H]([C@H]1C(=O)N[C@H](C#N)C[C@@H]1CCNC1=O)C2(C)C. The summed E-state index contributed by atoms with van der Waals surface area (Å²) in [5.74, 6) is -1.61. The molecule has 3 aliphatic rings. The summed E-state index contributed by atoms with van der Waals surface area (Å²) in [5.41, 5.74) is -0.674. The number of likely N-dealkylation sites (tertiary alicyclic amines) is 1. The van der Waals surface area contributed by atoms with Crippen LogP contribution < -0.4 is 16.0 Å². The molecule has 4 amide bonds. The normalized spacial score (nSPS) is 27.4. The predicted octanol–water partition coefficient (Wildman–Crippen LogP) is 0.639. The summed E-state index contributed by atoms with van der Waals surface area (Å²) < 4.78 is 0. The van der Waals surface area contributed by atoms with E-state index < -0.39 is 35.4 Å². The van der Waals surface area contributed by atoms with Crippen LogP contribution in [0.4, 0.5) is 0 Å². The summed E-state index contributed by atoms with van der Waals surface area (Å²) in [6, 6.07) is -0.411. The second-order valence-corrected chi connectivity index (χ2v) is 12.0. The van der Waals surface area contributed by atoms with E-state index >= 15 is 0 Å². The number of carbonyl (C=O) groups excluding carboxylic acids is 4. The Morgan fingerprint density at radius 3 is 2.57 bits per heavy atom. The van der Waals surface area contributed by atoms with Crippen molar-refractivity contribution in [3.63, 3.8) is 0 Å². The van der Waals surface area contributed by atoms with Gasteiger partial charge in [-0.25, -0.2) is 4.98 Å². The zero-order valence-electron chi connectivity index (χ0n) is 21.9. The van der Waals surface area contributed by atoms with E-state index in [-0.39, 0.29) is 47.1 Å². The molecule has 3 N–H and O–H groups in total. The number of hydrogen-bond acceptors (Lipinski definition) is 7. The minimum atomic E-state index is -0.910. The lowest BCUT2D eigenvalue weighted by atomic mass is 9.85. The number of rotatable bonds is 7. The van der Waals surface area contributed by atoms with Crippen molar-refractivity contribution >= 4 is 23.6 Å². The lowest BCUT2D eigenvalue weighted by molar-refractivity contribution is -0.143. The molecule has 37 heavy (non-hydrogen) atoms. The largest absolute Gasteiger partial charge is 0.356 e. The van der Waals surface area contributed by atoms with E-state index in [0.717, 1.165) is 0 Å². The summed E-state index contributed by atoms with van der Waals surface area (Å²) in [4.78, 5) is 61.8. The third-order valence-electron chi connectivity index (χ3n) is 8.10. The standard InChI is InChI=1S/C26H35N7O4/c1-25(2,3)20(32-22(35)17-12-28-8-9-29-17)24(37)33-13-16-18(26(16,4)5)19(33)23(36)31-15(11-27)10-14-6-7-30-21(14)34/h8-9,12,14-16,18-20H,6-7,10,13H2,1-5H3,(H,30,34)(H,31,36)(H,32,35)/t14-,15-,16-,18-,19-,20+/m0/s1. The van der Waals surface area contributed by atoms with Gasteiger partial charge in [-0.3, -0.25) is 24.2 Å². The molecule has 1 saturated carbocycles. The number of nitrogens with one attached hydrogen (secondary N) is 3. The first-order valence-corrected chi connectivity index (χ1v) is 12.7. The molecular weight excluding hydrogens is 474 g/mol. The topological polar surface area (TPSA) is 157 Å². The third kappa shape index (κ3) is 5.15. The fraction of sp³-hybridized carbons (Fsp3) is 0.654. The quantitative estimate of drug-likeness (QED) is 0.487. The first-order chi connectivity index (χ1) is 17.4. The van der Waals surface area contributed by atoms with E-state index in [1.807, 2.05) is 20.8 Å². The molecule has 0 radical (unpaired) electrons. The highest BCUT2D eigenvalue weighted by atomic mass is 16.2. The first-order valence-electron chi connectivity index (χ1n) is 12.7. The fourth-order valence-electron chi connectivity index (χ4n) is 5.80. The first kappa shape index (κ1) is 26.5. The minimum absolute atomic E-state index is 0.0538. The maximum Gasteiger partial charge on any atom is 0.272 e. The van der Waals surface area contributed by atoms with Gasteiger partial charge in [-0.1, -0.05) is 34.6 Å². The van der Waals surface area contributed by atoms with E-state index in [1.54, 1.807) is 4.90 Å². The van der Waals surface area contributed by atoms with Crippen molar-refractivity contribution in [2.45, 2.75) is 65.6 Å². The predicted molar refractivity (Wildman–Crippen MR) is 132 cm³/mol. The van der Waals surface area contributed by atoms with E-state index in [2.05, 4.69) is 45.8 Å². The molecule has 1 aliphatic carbocycles. The van der Waals surface area contributed by atoms with Gasteiger partial charge >= 0.3 is 0 Å². The Morgan fingerprint density at radius 1 is 1.27 bits per heavy atom. The van der Waals surface area contributed by atoms with Crippen molar-refractivity contribution < 1.29 is 19.2 Å². The number of carbonyl (C=O) groups is 4. The molecular formula is C26H35N7O4. The highest BCUT2D eigenvalue weighted by Gasteiger charge is 2.69. The van der Waals surface area contributed by atoms with Crippen molar-refractivity contribution in [2.24, 2.45) is 28.6 Å². The van der Waals surface area contributed by atoms with Crippen molar-refractivity contribution in [2.75, 3.05) is 13.1 Å². The summed E-state index contributed by atoms with van der Waals surface area (Å²) in [6.07, 6.45) is 5.04. The van der Waals surface area contributed by atoms with Gasteiger partial charge in [0.05, 0.1) is 12.3 Å². The van der Waals surface area contributed by atoms with E-state index in [1.165, 1.54) is 18.6 Å². The fourth-order valence-corrected chi connectivity index (χ4v) is 5.80. The second kappa shape index (κ2) is 9.72. The summed E-state index contributed by atoms with van der Waals surface area (Å²) in [5, 5.41) is 18.0. The second-order valence-electron chi connectivity index (χ2n) is 12.0.